The molecule has 102 valence electrons. The van der Waals surface area contributed by atoms with E-state index in [4.69, 9.17) is 4.74 Å². The van der Waals surface area contributed by atoms with Gasteiger partial charge in [0.05, 0.1) is 19.3 Å². The van der Waals surface area contributed by atoms with Gasteiger partial charge in [-0.1, -0.05) is 24.3 Å². The first-order chi connectivity index (χ1) is 9.67. The minimum Gasteiger partial charge on any atom is -0.465 e. The van der Waals surface area contributed by atoms with Gasteiger partial charge < -0.3 is 14.9 Å². The number of fused-ring (bicyclic) bond motifs is 3. The SMILES string of the molecule is COC(=O)c1cc(CO)c2c(c1)-c1ccccc1C2O. The van der Waals surface area contributed by atoms with Gasteiger partial charge in [0.15, 0.2) is 0 Å². The Bertz CT molecular complexity index is 691. The molecule has 3 rings (SSSR count). The molecule has 0 saturated carbocycles. The van der Waals surface area contributed by atoms with Crippen LogP contribution in [0.15, 0.2) is 36.4 Å². The van der Waals surface area contributed by atoms with Crippen LogP contribution in [0.4, 0.5) is 0 Å². The Kier molecular flexibility index (Phi) is 3.04. The lowest BCUT2D eigenvalue weighted by atomic mass is 9.97. The molecule has 0 radical (unpaired) electrons. The van der Waals surface area contributed by atoms with Gasteiger partial charge in [0.1, 0.15) is 6.10 Å². The maximum absolute atomic E-state index is 11.7. The minimum atomic E-state index is -0.768. The number of carbonyl (C=O) groups is 1. The fraction of sp³-hybridized carbons (Fsp3) is 0.188. The van der Waals surface area contributed by atoms with E-state index in [-0.39, 0.29) is 6.61 Å². The molecule has 4 nitrogen and oxygen atoms in total. The smallest absolute Gasteiger partial charge is 0.337 e. The fourth-order valence-electron chi connectivity index (χ4n) is 2.76. The maximum atomic E-state index is 11.7. The van der Waals surface area contributed by atoms with E-state index < -0.39 is 12.1 Å². The number of ether oxygens (including phenoxy) is 1. The van der Waals surface area contributed by atoms with Crippen molar-refractivity contribution in [3.05, 3.63) is 58.7 Å². The van der Waals surface area contributed by atoms with E-state index in [0.29, 0.717) is 16.7 Å². The Hall–Kier alpha value is -2.17. The predicted molar refractivity (Wildman–Crippen MR) is 73.2 cm³/mol. The van der Waals surface area contributed by atoms with Crippen molar-refractivity contribution in [2.45, 2.75) is 12.7 Å². The summed E-state index contributed by atoms with van der Waals surface area (Å²) in [4.78, 5) is 11.7. The van der Waals surface area contributed by atoms with Crippen molar-refractivity contribution < 1.29 is 19.7 Å². The molecule has 0 aromatic heterocycles. The van der Waals surface area contributed by atoms with Gasteiger partial charge in [-0.2, -0.15) is 0 Å². The molecule has 2 aromatic carbocycles. The molecule has 0 bridgehead atoms. The van der Waals surface area contributed by atoms with Crippen LogP contribution in [0.1, 0.15) is 33.2 Å². The highest BCUT2D eigenvalue weighted by Gasteiger charge is 2.30. The third-order valence-electron chi connectivity index (χ3n) is 3.68. The number of hydrogen-bond acceptors (Lipinski definition) is 4. The molecule has 2 aromatic rings. The number of aliphatic hydroxyl groups is 2. The van der Waals surface area contributed by atoms with E-state index in [1.807, 2.05) is 24.3 Å². The zero-order valence-corrected chi connectivity index (χ0v) is 11.0. The summed E-state index contributed by atoms with van der Waals surface area (Å²) in [6, 6.07) is 10.7. The molecule has 1 unspecified atom stereocenters. The lowest BCUT2D eigenvalue weighted by Crippen LogP contribution is -2.06. The van der Waals surface area contributed by atoms with E-state index in [1.165, 1.54) is 7.11 Å². The van der Waals surface area contributed by atoms with Crippen molar-refractivity contribution in [1.82, 2.24) is 0 Å². The van der Waals surface area contributed by atoms with Crippen LogP contribution in [0, 0.1) is 0 Å². The highest BCUT2D eigenvalue weighted by molar-refractivity contribution is 5.93. The number of esters is 1. The van der Waals surface area contributed by atoms with Crippen LogP contribution in [-0.4, -0.2) is 23.3 Å². The van der Waals surface area contributed by atoms with Crippen LogP contribution >= 0.6 is 0 Å². The van der Waals surface area contributed by atoms with Crippen molar-refractivity contribution in [1.29, 1.82) is 0 Å². The molecular formula is C16H14O4. The van der Waals surface area contributed by atoms with Crippen LogP contribution in [-0.2, 0) is 11.3 Å². The van der Waals surface area contributed by atoms with Gasteiger partial charge in [-0.15, -0.1) is 0 Å². The molecule has 4 heteroatoms. The van der Waals surface area contributed by atoms with Gasteiger partial charge in [0.2, 0.25) is 0 Å². The fourth-order valence-corrected chi connectivity index (χ4v) is 2.76. The Labute approximate surface area is 116 Å². The number of rotatable bonds is 2. The second kappa shape index (κ2) is 4.74. The van der Waals surface area contributed by atoms with E-state index >= 15 is 0 Å². The molecule has 1 aliphatic carbocycles. The van der Waals surface area contributed by atoms with Gasteiger partial charge >= 0.3 is 5.97 Å². The summed E-state index contributed by atoms with van der Waals surface area (Å²) in [5.41, 5.74) is 4.04. The number of hydrogen-bond donors (Lipinski definition) is 2. The first-order valence-electron chi connectivity index (χ1n) is 6.30. The van der Waals surface area contributed by atoms with Crippen LogP contribution < -0.4 is 0 Å². The van der Waals surface area contributed by atoms with Crippen LogP contribution in [0.5, 0.6) is 0 Å². The summed E-state index contributed by atoms with van der Waals surface area (Å²) in [7, 11) is 1.32. The van der Waals surface area contributed by atoms with E-state index in [1.54, 1.807) is 12.1 Å². The average molecular weight is 270 g/mol. The monoisotopic (exact) mass is 270 g/mol. The lowest BCUT2D eigenvalue weighted by Gasteiger charge is -2.12. The van der Waals surface area contributed by atoms with E-state index in [9.17, 15) is 15.0 Å². The number of methoxy groups -OCH3 is 1. The third-order valence-corrected chi connectivity index (χ3v) is 3.68. The number of benzene rings is 2. The zero-order valence-electron chi connectivity index (χ0n) is 11.0. The van der Waals surface area contributed by atoms with Crippen molar-refractivity contribution in [3.8, 4) is 11.1 Å². The van der Waals surface area contributed by atoms with Crippen molar-refractivity contribution in [2.24, 2.45) is 0 Å². The van der Waals surface area contributed by atoms with Crippen LogP contribution in [0.3, 0.4) is 0 Å². The summed E-state index contributed by atoms with van der Waals surface area (Å²) in [6.07, 6.45) is -0.768. The predicted octanol–water partition coefficient (Wildman–Crippen LogP) is 2.03. The van der Waals surface area contributed by atoms with E-state index in [2.05, 4.69) is 0 Å². The van der Waals surface area contributed by atoms with Crippen molar-refractivity contribution in [3.63, 3.8) is 0 Å². The first-order valence-corrected chi connectivity index (χ1v) is 6.30. The normalized spacial score (nSPS) is 15.7. The molecule has 2 N–H and O–H groups in total. The van der Waals surface area contributed by atoms with Crippen molar-refractivity contribution >= 4 is 5.97 Å². The number of aliphatic hydroxyl groups excluding tert-OH is 2. The number of carbonyl (C=O) groups excluding carboxylic acids is 1. The highest BCUT2D eigenvalue weighted by atomic mass is 16.5. The van der Waals surface area contributed by atoms with Gasteiger partial charge in [0.25, 0.3) is 0 Å². The van der Waals surface area contributed by atoms with Gasteiger partial charge in [0, 0.05) is 0 Å². The minimum absolute atomic E-state index is 0.238. The Morgan fingerprint density at radius 1 is 1.25 bits per heavy atom. The highest BCUT2D eigenvalue weighted by Crippen LogP contribution is 2.45. The molecule has 0 aliphatic heterocycles. The van der Waals surface area contributed by atoms with Crippen molar-refractivity contribution in [2.75, 3.05) is 7.11 Å². The lowest BCUT2D eigenvalue weighted by molar-refractivity contribution is 0.0600. The molecule has 0 spiro atoms. The molecular weight excluding hydrogens is 256 g/mol. The summed E-state index contributed by atoms with van der Waals surface area (Å²) < 4.78 is 4.73. The maximum Gasteiger partial charge on any atom is 0.337 e. The third kappa shape index (κ3) is 1.73. The van der Waals surface area contributed by atoms with E-state index in [0.717, 1.165) is 16.7 Å². The summed E-state index contributed by atoms with van der Waals surface area (Å²) in [5.74, 6) is -0.457. The van der Waals surface area contributed by atoms with Gasteiger partial charge in [-0.3, -0.25) is 0 Å². The van der Waals surface area contributed by atoms with Gasteiger partial charge in [-0.25, -0.2) is 4.79 Å². The molecule has 1 atom stereocenters. The molecule has 0 saturated heterocycles. The standard InChI is InChI=1S/C16H14O4/c1-20-16(19)9-6-10(8-17)14-13(7-9)11-4-2-3-5-12(11)15(14)18/h2-7,15,17-18H,8H2,1H3. The molecule has 0 amide bonds. The Morgan fingerprint density at radius 3 is 2.70 bits per heavy atom. The molecule has 20 heavy (non-hydrogen) atoms. The summed E-state index contributed by atoms with van der Waals surface area (Å²) in [6.45, 7) is -0.238. The largest absolute Gasteiger partial charge is 0.465 e. The second-order valence-electron chi connectivity index (χ2n) is 4.74. The molecule has 0 heterocycles. The average Bonchev–Trinajstić information content (AvgIpc) is 2.79. The topological polar surface area (TPSA) is 66.8 Å². The quantitative estimate of drug-likeness (QED) is 0.819. The molecule has 1 aliphatic rings. The van der Waals surface area contributed by atoms with Crippen LogP contribution in [0.2, 0.25) is 0 Å². The molecule has 0 fully saturated rings. The zero-order chi connectivity index (χ0) is 14.3. The van der Waals surface area contributed by atoms with Gasteiger partial charge in [-0.05, 0) is 39.9 Å². The Balaban J connectivity index is 2.28. The second-order valence-corrected chi connectivity index (χ2v) is 4.74. The summed E-state index contributed by atoms with van der Waals surface area (Å²) >= 11 is 0. The Morgan fingerprint density at radius 2 is 2.00 bits per heavy atom. The first kappa shape index (κ1) is 12.8. The summed E-state index contributed by atoms with van der Waals surface area (Å²) in [5, 5.41) is 19.9. The van der Waals surface area contributed by atoms with Crippen LogP contribution in [0.25, 0.3) is 11.1 Å².